The Morgan fingerprint density at radius 2 is 1.23 bits per heavy atom. The van der Waals surface area contributed by atoms with Crippen LogP contribution in [0, 0.1) is 22.7 Å². The topological polar surface area (TPSA) is 93.7 Å². The first-order chi connectivity index (χ1) is 14.5. The van der Waals surface area contributed by atoms with Crippen LogP contribution < -0.4 is 9.47 Å². The van der Waals surface area contributed by atoms with Crippen molar-refractivity contribution in [3.8, 4) is 23.6 Å². The quantitative estimate of drug-likeness (QED) is 0.287. The number of nitrogens with zero attached hydrogens (tertiary/aromatic N) is 2. The highest BCUT2D eigenvalue weighted by atomic mass is 32.2. The van der Waals surface area contributed by atoms with E-state index >= 15 is 0 Å². The van der Waals surface area contributed by atoms with Gasteiger partial charge in [-0.3, -0.25) is 0 Å². The molecular weight excluding hydrogens is 424 g/mol. The second-order valence-corrected chi connectivity index (χ2v) is 7.76. The summed E-state index contributed by atoms with van der Waals surface area (Å²) in [7, 11) is 0. The molecule has 166 valence electrons. The molecule has 0 aromatic heterocycles. The highest BCUT2D eigenvalue weighted by molar-refractivity contribution is 8.01. The Bertz CT molecular complexity index is 745. The van der Waals surface area contributed by atoms with Gasteiger partial charge in [-0.2, -0.15) is 10.5 Å². The Hall–Kier alpha value is -1.62. The van der Waals surface area contributed by atoms with Gasteiger partial charge in [-0.15, -0.1) is 23.5 Å². The summed E-state index contributed by atoms with van der Waals surface area (Å²) < 4.78 is 28.0. The number of hydrogen-bond donors (Lipinski definition) is 0. The van der Waals surface area contributed by atoms with Gasteiger partial charge in [-0.05, 0) is 33.3 Å². The van der Waals surface area contributed by atoms with Gasteiger partial charge in [-0.25, -0.2) is 0 Å². The van der Waals surface area contributed by atoms with E-state index in [4.69, 9.17) is 23.7 Å². The first-order valence-corrected chi connectivity index (χ1v) is 12.1. The molecule has 1 aromatic rings. The molecule has 0 bridgehead atoms. The first-order valence-electron chi connectivity index (χ1n) is 9.70. The van der Waals surface area contributed by atoms with E-state index in [2.05, 4.69) is 12.1 Å². The summed E-state index contributed by atoms with van der Waals surface area (Å²) in [5.74, 6) is 0.795. The molecule has 0 N–H and O–H groups in total. The van der Waals surface area contributed by atoms with E-state index in [1.165, 1.54) is 23.5 Å². The first kappa shape index (κ1) is 26.4. The summed E-state index contributed by atoms with van der Waals surface area (Å²) in [5, 5.41) is 19.5. The van der Waals surface area contributed by atoms with Gasteiger partial charge < -0.3 is 23.7 Å². The molecule has 1 rings (SSSR count). The van der Waals surface area contributed by atoms with E-state index in [1.54, 1.807) is 0 Å². The molecule has 7 nitrogen and oxygen atoms in total. The molecule has 0 saturated carbocycles. The van der Waals surface area contributed by atoms with Gasteiger partial charge in [-0.1, -0.05) is 0 Å². The standard InChI is InChI=1S/C21H30N2O5S2/c1-6-24-7-8-25-9-10-27-18-16(13-22)17(14-23)19(21(30-5)20(18)29-4)28-12-11-26-15(2)3/h15H,6-12H2,1-5H3. The second kappa shape index (κ2) is 15.2. The van der Waals surface area contributed by atoms with Crippen molar-refractivity contribution in [3.05, 3.63) is 11.1 Å². The van der Waals surface area contributed by atoms with Gasteiger partial charge >= 0.3 is 0 Å². The normalized spacial score (nSPS) is 10.7. The smallest absolute Gasteiger partial charge is 0.153 e. The fourth-order valence-corrected chi connectivity index (χ4v) is 4.26. The van der Waals surface area contributed by atoms with E-state index in [0.29, 0.717) is 44.5 Å². The number of nitriles is 2. The molecule has 0 aliphatic rings. The Labute approximate surface area is 188 Å². The monoisotopic (exact) mass is 454 g/mol. The third kappa shape index (κ3) is 7.90. The van der Waals surface area contributed by atoms with E-state index < -0.39 is 0 Å². The molecule has 0 spiro atoms. The van der Waals surface area contributed by atoms with Gasteiger partial charge in [0.15, 0.2) is 11.5 Å². The molecule has 0 atom stereocenters. The van der Waals surface area contributed by atoms with Crippen LogP contribution in [0.5, 0.6) is 11.5 Å². The van der Waals surface area contributed by atoms with E-state index in [0.717, 1.165) is 9.79 Å². The molecule has 0 unspecified atom stereocenters. The molecule has 1 aromatic carbocycles. The molecule has 0 heterocycles. The van der Waals surface area contributed by atoms with Crippen LogP contribution in [0.15, 0.2) is 9.79 Å². The number of ether oxygens (including phenoxy) is 5. The van der Waals surface area contributed by atoms with Crippen molar-refractivity contribution in [2.24, 2.45) is 0 Å². The molecule has 9 heteroatoms. The summed E-state index contributed by atoms with van der Waals surface area (Å²) in [6, 6.07) is 4.23. The van der Waals surface area contributed by atoms with Crippen molar-refractivity contribution in [1.82, 2.24) is 0 Å². The second-order valence-electron chi connectivity index (χ2n) is 6.12. The Kier molecular flexibility index (Phi) is 13.4. The average Bonchev–Trinajstić information content (AvgIpc) is 2.74. The third-order valence-electron chi connectivity index (χ3n) is 3.79. The van der Waals surface area contributed by atoms with Gasteiger partial charge in [0.25, 0.3) is 0 Å². The Morgan fingerprint density at radius 3 is 1.67 bits per heavy atom. The van der Waals surface area contributed by atoms with E-state index in [1.807, 2.05) is 33.3 Å². The van der Waals surface area contributed by atoms with Crippen molar-refractivity contribution < 1.29 is 23.7 Å². The zero-order valence-corrected chi connectivity index (χ0v) is 19.9. The van der Waals surface area contributed by atoms with E-state index in [-0.39, 0.29) is 30.4 Å². The van der Waals surface area contributed by atoms with Gasteiger partial charge in [0.05, 0.1) is 42.3 Å². The molecule has 0 aliphatic heterocycles. The van der Waals surface area contributed by atoms with Crippen LogP contribution >= 0.6 is 23.5 Å². The lowest BCUT2D eigenvalue weighted by molar-refractivity contribution is 0.0400. The largest absolute Gasteiger partial charge is 0.489 e. The summed E-state index contributed by atoms with van der Waals surface area (Å²) in [6.07, 6.45) is 3.90. The number of benzene rings is 1. The number of rotatable bonds is 15. The summed E-state index contributed by atoms with van der Waals surface area (Å²) in [4.78, 5) is 1.54. The zero-order chi connectivity index (χ0) is 22.4. The third-order valence-corrected chi connectivity index (χ3v) is 5.51. The van der Waals surface area contributed by atoms with Crippen molar-refractivity contribution >= 4 is 23.5 Å². The highest BCUT2D eigenvalue weighted by Gasteiger charge is 2.26. The molecule has 0 saturated heterocycles. The maximum Gasteiger partial charge on any atom is 0.153 e. The fourth-order valence-electron chi connectivity index (χ4n) is 2.51. The number of thioether (sulfide) groups is 2. The fraction of sp³-hybridized carbons (Fsp3) is 0.619. The van der Waals surface area contributed by atoms with Crippen LogP contribution in [0.4, 0.5) is 0 Å². The highest BCUT2D eigenvalue weighted by Crippen LogP contribution is 2.47. The Balaban J connectivity index is 3.08. The van der Waals surface area contributed by atoms with Gasteiger partial charge in [0.2, 0.25) is 0 Å². The zero-order valence-electron chi connectivity index (χ0n) is 18.3. The van der Waals surface area contributed by atoms with Crippen molar-refractivity contribution in [2.45, 2.75) is 36.7 Å². The predicted octanol–water partition coefficient (Wildman–Crippen LogP) is 4.11. The lowest BCUT2D eigenvalue weighted by Gasteiger charge is -2.20. The van der Waals surface area contributed by atoms with Crippen LogP contribution in [0.25, 0.3) is 0 Å². The van der Waals surface area contributed by atoms with Crippen LogP contribution in [-0.4, -0.2) is 64.9 Å². The van der Waals surface area contributed by atoms with Gasteiger partial charge in [0, 0.05) is 6.61 Å². The average molecular weight is 455 g/mol. The van der Waals surface area contributed by atoms with Crippen LogP contribution in [-0.2, 0) is 14.2 Å². The van der Waals surface area contributed by atoms with Crippen LogP contribution in [0.1, 0.15) is 31.9 Å². The lowest BCUT2D eigenvalue weighted by atomic mass is 10.1. The van der Waals surface area contributed by atoms with Crippen LogP contribution in [0.2, 0.25) is 0 Å². The molecule has 0 radical (unpaired) electrons. The summed E-state index contributed by atoms with van der Waals surface area (Å²) >= 11 is 2.90. The minimum Gasteiger partial charge on any atom is -0.489 e. The minimum absolute atomic E-state index is 0.0898. The van der Waals surface area contributed by atoms with Crippen molar-refractivity contribution in [1.29, 1.82) is 10.5 Å². The molecule has 0 fully saturated rings. The molecule has 0 amide bonds. The SMILES string of the molecule is CCOCCOCCOc1c(C#N)c(C#N)c(OCCOC(C)C)c(SC)c1SC. The predicted molar refractivity (Wildman–Crippen MR) is 119 cm³/mol. The summed E-state index contributed by atoms with van der Waals surface area (Å²) in [5.41, 5.74) is 0.352. The van der Waals surface area contributed by atoms with E-state index in [9.17, 15) is 10.5 Å². The molecule has 0 aliphatic carbocycles. The molecular formula is C21H30N2O5S2. The maximum atomic E-state index is 9.76. The van der Waals surface area contributed by atoms with Crippen molar-refractivity contribution in [2.75, 3.05) is 58.8 Å². The van der Waals surface area contributed by atoms with Gasteiger partial charge in [0.1, 0.15) is 36.5 Å². The van der Waals surface area contributed by atoms with Crippen molar-refractivity contribution in [3.63, 3.8) is 0 Å². The minimum atomic E-state index is 0.0898. The maximum absolute atomic E-state index is 9.76. The Morgan fingerprint density at radius 1 is 0.767 bits per heavy atom. The summed E-state index contributed by atoms with van der Waals surface area (Å²) in [6.45, 7) is 8.76. The number of hydrogen-bond acceptors (Lipinski definition) is 9. The molecule has 30 heavy (non-hydrogen) atoms. The lowest BCUT2D eigenvalue weighted by Crippen LogP contribution is -2.14. The van der Waals surface area contributed by atoms with Crippen LogP contribution in [0.3, 0.4) is 0 Å².